The second kappa shape index (κ2) is 10.2. The Morgan fingerprint density at radius 1 is 1.07 bits per heavy atom. The van der Waals surface area contributed by atoms with Gasteiger partial charge in [0.05, 0.1) is 18.2 Å². The number of hydrogen-bond acceptors (Lipinski definition) is 4. The molecule has 1 saturated heterocycles. The smallest absolute Gasteiger partial charge is 0.244 e. The third-order valence-electron chi connectivity index (χ3n) is 4.77. The van der Waals surface area contributed by atoms with Crippen molar-refractivity contribution in [3.8, 4) is 0 Å². The largest absolute Gasteiger partial charge is 0.379 e. The van der Waals surface area contributed by atoms with Crippen molar-refractivity contribution in [3.05, 3.63) is 63.9 Å². The van der Waals surface area contributed by atoms with E-state index in [1.165, 1.54) is 28.6 Å². The average molecular weight is 461 g/mol. The van der Waals surface area contributed by atoms with Gasteiger partial charge >= 0.3 is 0 Å². The van der Waals surface area contributed by atoms with E-state index in [1.54, 1.807) is 18.2 Å². The quantitative estimate of drug-likeness (QED) is 0.596. The van der Waals surface area contributed by atoms with Crippen LogP contribution in [0.3, 0.4) is 0 Å². The van der Waals surface area contributed by atoms with Crippen LogP contribution in [0, 0.1) is 5.82 Å². The first-order valence-corrected chi connectivity index (χ1v) is 11.6. The number of nitrogens with zero attached hydrogens (tertiary/aromatic N) is 2. The number of halogens is 3. The molecule has 2 aromatic carbocycles. The van der Waals surface area contributed by atoms with Crippen molar-refractivity contribution in [2.24, 2.45) is 0 Å². The molecular formula is C20H23Cl2FN2O3S. The van der Waals surface area contributed by atoms with Crippen LogP contribution in [0.25, 0.3) is 0 Å². The molecule has 2 aromatic rings. The third kappa shape index (κ3) is 6.13. The minimum Gasteiger partial charge on any atom is -0.379 e. The van der Waals surface area contributed by atoms with Gasteiger partial charge in [0.1, 0.15) is 10.7 Å². The van der Waals surface area contributed by atoms with Gasteiger partial charge in [0.25, 0.3) is 0 Å². The predicted octanol–water partition coefficient (Wildman–Crippen LogP) is 4.05. The molecular weight excluding hydrogens is 438 g/mol. The fourth-order valence-corrected chi connectivity index (χ4v) is 5.39. The summed E-state index contributed by atoms with van der Waals surface area (Å²) in [6.45, 7) is 4.25. The van der Waals surface area contributed by atoms with Crippen LogP contribution < -0.4 is 0 Å². The van der Waals surface area contributed by atoms with Crippen molar-refractivity contribution in [2.75, 3.05) is 39.4 Å². The van der Waals surface area contributed by atoms with Gasteiger partial charge in [-0.3, -0.25) is 4.90 Å². The van der Waals surface area contributed by atoms with E-state index in [-0.39, 0.29) is 22.3 Å². The zero-order chi connectivity index (χ0) is 20.9. The minimum absolute atomic E-state index is 0.0276. The molecule has 5 nitrogen and oxygen atoms in total. The monoisotopic (exact) mass is 460 g/mol. The molecule has 0 spiro atoms. The predicted molar refractivity (Wildman–Crippen MR) is 112 cm³/mol. The fourth-order valence-electron chi connectivity index (χ4n) is 3.19. The number of sulfonamides is 1. The molecule has 0 bridgehead atoms. The first-order chi connectivity index (χ1) is 13.9. The lowest BCUT2D eigenvalue weighted by atomic mass is 10.2. The van der Waals surface area contributed by atoms with Gasteiger partial charge in [-0.25, -0.2) is 12.8 Å². The molecule has 0 aliphatic carbocycles. The summed E-state index contributed by atoms with van der Waals surface area (Å²) < 4.78 is 46.6. The number of hydrogen-bond donors (Lipinski definition) is 0. The zero-order valence-electron chi connectivity index (χ0n) is 15.9. The lowest BCUT2D eigenvalue weighted by molar-refractivity contribution is 0.0368. The van der Waals surface area contributed by atoms with Crippen LogP contribution in [0.15, 0.2) is 47.4 Å². The van der Waals surface area contributed by atoms with Crippen molar-refractivity contribution in [2.45, 2.75) is 17.9 Å². The molecule has 0 N–H and O–H groups in total. The van der Waals surface area contributed by atoms with Crippen LogP contribution in [0.4, 0.5) is 4.39 Å². The molecule has 0 amide bonds. The molecule has 3 rings (SSSR count). The van der Waals surface area contributed by atoms with E-state index < -0.39 is 10.0 Å². The average Bonchev–Trinajstić information content (AvgIpc) is 2.71. The van der Waals surface area contributed by atoms with Crippen LogP contribution in [0.5, 0.6) is 0 Å². The number of ether oxygens (including phenoxy) is 1. The zero-order valence-corrected chi connectivity index (χ0v) is 18.2. The van der Waals surface area contributed by atoms with Crippen molar-refractivity contribution < 1.29 is 17.5 Å². The molecule has 158 valence electrons. The number of morpholine rings is 1. The van der Waals surface area contributed by atoms with Gasteiger partial charge in [-0.15, -0.1) is 0 Å². The van der Waals surface area contributed by atoms with Gasteiger partial charge in [-0.1, -0.05) is 35.3 Å². The van der Waals surface area contributed by atoms with Gasteiger partial charge in [0.15, 0.2) is 0 Å². The van der Waals surface area contributed by atoms with Gasteiger partial charge < -0.3 is 4.74 Å². The normalized spacial score (nSPS) is 15.7. The lowest BCUT2D eigenvalue weighted by Gasteiger charge is -2.28. The van der Waals surface area contributed by atoms with Crippen LogP contribution >= 0.6 is 23.2 Å². The van der Waals surface area contributed by atoms with Crippen LogP contribution in [0.2, 0.25) is 10.0 Å². The van der Waals surface area contributed by atoms with Crippen molar-refractivity contribution in [3.63, 3.8) is 0 Å². The van der Waals surface area contributed by atoms with E-state index in [0.29, 0.717) is 36.8 Å². The molecule has 29 heavy (non-hydrogen) atoms. The Hall–Kier alpha value is -1.22. The van der Waals surface area contributed by atoms with E-state index in [9.17, 15) is 12.8 Å². The first kappa shape index (κ1) is 22.5. The Bertz CT molecular complexity index is 920. The molecule has 1 heterocycles. The van der Waals surface area contributed by atoms with Crippen molar-refractivity contribution in [1.29, 1.82) is 0 Å². The molecule has 9 heteroatoms. The van der Waals surface area contributed by atoms with E-state index in [1.807, 2.05) is 0 Å². The highest BCUT2D eigenvalue weighted by molar-refractivity contribution is 7.89. The highest BCUT2D eigenvalue weighted by atomic mass is 35.5. The van der Waals surface area contributed by atoms with E-state index in [2.05, 4.69) is 4.90 Å². The van der Waals surface area contributed by atoms with Crippen molar-refractivity contribution in [1.82, 2.24) is 9.21 Å². The van der Waals surface area contributed by atoms with E-state index in [4.69, 9.17) is 27.9 Å². The molecule has 0 radical (unpaired) electrons. The van der Waals surface area contributed by atoms with Gasteiger partial charge in [0, 0.05) is 31.2 Å². The molecule has 0 unspecified atom stereocenters. The SMILES string of the molecule is O=S(=O)(c1cc(Cl)ccc1Cl)N(CCCN1CCOCC1)Cc1ccc(F)cc1. The summed E-state index contributed by atoms with van der Waals surface area (Å²) in [5.74, 6) is -0.367. The maximum absolute atomic E-state index is 13.3. The fraction of sp³-hybridized carbons (Fsp3) is 0.400. The number of benzene rings is 2. The van der Waals surface area contributed by atoms with Gasteiger partial charge in [-0.05, 0) is 48.9 Å². The summed E-state index contributed by atoms with van der Waals surface area (Å²) in [6.07, 6.45) is 0.651. The topological polar surface area (TPSA) is 49.9 Å². The Kier molecular flexibility index (Phi) is 7.90. The highest BCUT2D eigenvalue weighted by Crippen LogP contribution is 2.29. The molecule has 1 fully saturated rings. The second-order valence-electron chi connectivity index (χ2n) is 6.85. The van der Waals surface area contributed by atoms with Crippen molar-refractivity contribution >= 4 is 33.2 Å². The molecule has 1 aliphatic heterocycles. The second-order valence-corrected chi connectivity index (χ2v) is 9.60. The lowest BCUT2D eigenvalue weighted by Crippen LogP contribution is -2.39. The highest BCUT2D eigenvalue weighted by Gasteiger charge is 2.27. The standard InChI is InChI=1S/C20H23Cl2FN2O3S/c21-17-4-7-19(22)20(14-17)29(26,27)25(15-16-2-5-18(23)6-3-16)9-1-8-24-10-12-28-13-11-24/h2-7,14H,1,8-13,15H2. The molecule has 0 saturated carbocycles. The van der Waals surface area contributed by atoms with Crippen LogP contribution in [-0.2, 0) is 21.3 Å². The maximum Gasteiger partial charge on any atom is 0.244 e. The van der Waals surface area contributed by atoms with E-state index in [0.717, 1.165) is 19.6 Å². The molecule has 0 aromatic heterocycles. The summed E-state index contributed by atoms with van der Waals surface area (Å²) in [6, 6.07) is 10.2. The van der Waals surface area contributed by atoms with Gasteiger partial charge in [0.2, 0.25) is 10.0 Å². The van der Waals surface area contributed by atoms with E-state index >= 15 is 0 Å². The summed E-state index contributed by atoms with van der Waals surface area (Å²) in [4.78, 5) is 2.22. The third-order valence-corrected chi connectivity index (χ3v) is 7.33. The minimum atomic E-state index is -3.89. The van der Waals surface area contributed by atoms with Gasteiger partial charge in [-0.2, -0.15) is 4.31 Å². The Labute approximate surface area is 181 Å². The maximum atomic E-state index is 13.3. The molecule has 0 atom stereocenters. The summed E-state index contributed by atoms with van der Waals surface area (Å²) in [5, 5.41) is 0.412. The summed E-state index contributed by atoms with van der Waals surface area (Å²) >= 11 is 12.2. The first-order valence-electron chi connectivity index (χ1n) is 9.36. The molecule has 1 aliphatic rings. The Morgan fingerprint density at radius 3 is 2.45 bits per heavy atom. The summed E-state index contributed by atoms with van der Waals surface area (Å²) in [5.41, 5.74) is 0.694. The van der Waals surface area contributed by atoms with Crippen LogP contribution in [0.1, 0.15) is 12.0 Å². The van der Waals surface area contributed by atoms with Crippen LogP contribution in [-0.4, -0.2) is 57.0 Å². The summed E-state index contributed by atoms with van der Waals surface area (Å²) in [7, 11) is -3.89. The number of rotatable bonds is 8. The Balaban J connectivity index is 1.80. The Morgan fingerprint density at radius 2 is 1.76 bits per heavy atom.